The topological polar surface area (TPSA) is 59.6 Å². The molecular formula is C16H14ClF2IN2O3. The standard InChI is InChI=1S/C16H14ClF2IN2O3/c1-24-6-7-25-22-16(23)10-3-4-12(18)14(19)15(10)21-13-5-2-9(20)8-11(13)17/h2-5,8,21H,6-7H2,1H3,(H,22,23). The lowest BCUT2D eigenvalue weighted by Crippen LogP contribution is -2.26. The van der Waals surface area contributed by atoms with Crippen LogP contribution in [0, 0.1) is 15.2 Å². The van der Waals surface area contributed by atoms with E-state index >= 15 is 0 Å². The summed E-state index contributed by atoms with van der Waals surface area (Å²) in [5.74, 6) is -3.03. The number of carbonyl (C=O) groups excluding carboxylic acids is 1. The lowest BCUT2D eigenvalue weighted by molar-refractivity contribution is 0.00892. The van der Waals surface area contributed by atoms with Gasteiger partial charge in [0.15, 0.2) is 11.6 Å². The van der Waals surface area contributed by atoms with Gasteiger partial charge in [0.1, 0.15) is 0 Å². The molecule has 0 saturated heterocycles. The Hall–Kier alpha value is -1.49. The minimum atomic E-state index is -1.20. The van der Waals surface area contributed by atoms with E-state index < -0.39 is 17.5 Å². The van der Waals surface area contributed by atoms with Crippen LogP contribution < -0.4 is 10.8 Å². The fraction of sp³-hybridized carbons (Fsp3) is 0.188. The van der Waals surface area contributed by atoms with E-state index in [1.165, 1.54) is 7.11 Å². The number of carbonyl (C=O) groups is 1. The van der Waals surface area contributed by atoms with Crippen molar-refractivity contribution < 1.29 is 23.1 Å². The maximum atomic E-state index is 14.2. The van der Waals surface area contributed by atoms with Crippen LogP contribution in [-0.4, -0.2) is 26.2 Å². The average molecular weight is 483 g/mol. The van der Waals surface area contributed by atoms with Gasteiger partial charge < -0.3 is 10.1 Å². The van der Waals surface area contributed by atoms with E-state index in [9.17, 15) is 13.6 Å². The van der Waals surface area contributed by atoms with Crippen LogP contribution in [0.5, 0.6) is 0 Å². The van der Waals surface area contributed by atoms with Crippen molar-refractivity contribution in [3.63, 3.8) is 0 Å². The predicted molar refractivity (Wildman–Crippen MR) is 99.1 cm³/mol. The molecule has 9 heteroatoms. The van der Waals surface area contributed by atoms with Crippen LogP contribution in [0.1, 0.15) is 10.4 Å². The van der Waals surface area contributed by atoms with Crippen LogP contribution in [0.4, 0.5) is 20.2 Å². The van der Waals surface area contributed by atoms with Crippen LogP contribution in [0.25, 0.3) is 0 Å². The van der Waals surface area contributed by atoms with Crippen molar-refractivity contribution in [3.05, 3.63) is 56.1 Å². The SMILES string of the molecule is COCCONC(=O)c1ccc(F)c(F)c1Nc1ccc(I)cc1Cl. The first kappa shape index (κ1) is 19.8. The zero-order valence-corrected chi connectivity index (χ0v) is 16.0. The number of methoxy groups -OCH3 is 1. The number of hydrogen-bond donors (Lipinski definition) is 2. The molecule has 134 valence electrons. The molecule has 0 saturated carbocycles. The second kappa shape index (κ2) is 9.27. The van der Waals surface area contributed by atoms with E-state index in [1.54, 1.807) is 18.2 Å². The summed E-state index contributed by atoms with van der Waals surface area (Å²) < 4.78 is 33.5. The Bertz CT molecular complexity index is 777. The molecule has 2 N–H and O–H groups in total. The Morgan fingerprint density at radius 1 is 1.24 bits per heavy atom. The van der Waals surface area contributed by atoms with Crippen molar-refractivity contribution in [1.29, 1.82) is 0 Å². The molecular weight excluding hydrogens is 469 g/mol. The minimum Gasteiger partial charge on any atom is -0.382 e. The van der Waals surface area contributed by atoms with Crippen molar-refractivity contribution in [2.24, 2.45) is 0 Å². The highest BCUT2D eigenvalue weighted by molar-refractivity contribution is 14.1. The van der Waals surface area contributed by atoms with Gasteiger partial charge in [-0.25, -0.2) is 14.3 Å². The average Bonchev–Trinajstić information content (AvgIpc) is 2.58. The van der Waals surface area contributed by atoms with Gasteiger partial charge in [-0.3, -0.25) is 9.63 Å². The number of ether oxygens (including phenoxy) is 1. The third-order valence-corrected chi connectivity index (χ3v) is 4.07. The third-order valence-electron chi connectivity index (χ3n) is 3.08. The first-order valence-electron chi connectivity index (χ1n) is 7.05. The quantitative estimate of drug-likeness (QED) is 0.352. The largest absolute Gasteiger partial charge is 0.382 e. The molecule has 0 aliphatic carbocycles. The third kappa shape index (κ3) is 5.24. The summed E-state index contributed by atoms with van der Waals surface area (Å²) in [6, 6.07) is 7.00. The number of halogens is 4. The smallest absolute Gasteiger partial charge is 0.277 e. The first-order chi connectivity index (χ1) is 11.9. The van der Waals surface area contributed by atoms with E-state index in [0.717, 1.165) is 15.7 Å². The van der Waals surface area contributed by atoms with E-state index in [0.29, 0.717) is 10.7 Å². The van der Waals surface area contributed by atoms with Crippen molar-refractivity contribution in [3.8, 4) is 0 Å². The summed E-state index contributed by atoms with van der Waals surface area (Å²) in [5, 5.41) is 2.97. The van der Waals surface area contributed by atoms with E-state index in [4.69, 9.17) is 21.2 Å². The summed E-state index contributed by atoms with van der Waals surface area (Å²) in [6.45, 7) is 0.374. The Morgan fingerprint density at radius 2 is 2.00 bits per heavy atom. The fourth-order valence-corrected chi connectivity index (χ4v) is 2.79. The fourth-order valence-electron chi connectivity index (χ4n) is 1.88. The molecule has 5 nitrogen and oxygen atoms in total. The molecule has 0 fully saturated rings. The van der Waals surface area contributed by atoms with Crippen LogP contribution in [0.15, 0.2) is 30.3 Å². The normalized spacial score (nSPS) is 10.6. The molecule has 0 aliphatic heterocycles. The van der Waals surface area contributed by atoms with Crippen molar-refractivity contribution in [1.82, 2.24) is 5.48 Å². The van der Waals surface area contributed by atoms with Gasteiger partial charge in [-0.1, -0.05) is 11.6 Å². The number of nitrogens with one attached hydrogen (secondary N) is 2. The molecule has 0 bridgehead atoms. The molecule has 25 heavy (non-hydrogen) atoms. The number of anilines is 2. The molecule has 2 aromatic rings. The van der Waals surface area contributed by atoms with Gasteiger partial charge in [-0.15, -0.1) is 0 Å². The second-order valence-electron chi connectivity index (χ2n) is 4.81. The van der Waals surface area contributed by atoms with Gasteiger partial charge in [0, 0.05) is 10.7 Å². The maximum absolute atomic E-state index is 14.2. The highest BCUT2D eigenvalue weighted by Gasteiger charge is 2.20. The van der Waals surface area contributed by atoms with Gasteiger partial charge in [-0.05, 0) is 52.9 Å². The Labute approximate surface area is 161 Å². The van der Waals surface area contributed by atoms with E-state index in [2.05, 4.69) is 33.4 Å². The molecule has 1 amide bonds. The number of hydrogen-bond acceptors (Lipinski definition) is 4. The summed E-state index contributed by atoms with van der Waals surface area (Å²) in [4.78, 5) is 17.1. The minimum absolute atomic E-state index is 0.109. The molecule has 0 heterocycles. The van der Waals surface area contributed by atoms with E-state index in [-0.39, 0.29) is 24.5 Å². The molecule has 0 spiro atoms. The lowest BCUT2D eigenvalue weighted by atomic mass is 10.1. The highest BCUT2D eigenvalue weighted by atomic mass is 127. The monoisotopic (exact) mass is 482 g/mol. The van der Waals surface area contributed by atoms with Crippen molar-refractivity contribution >= 4 is 51.5 Å². The van der Waals surface area contributed by atoms with Gasteiger partial charge in [0.25, 0.3) is 5.91 Å². The Morgan fingerprint density at radius 3 is 2.68 bits per heavy atom. The first-order valence-corrected chi connectivity index (χ1v) is 8.51. The van der Waals surface area contributed by atoms with Gasteiger partial charge in [0.05, 0.1) is 35.2 Å². The number of benzene rings is 2. The molecule has 2 aromatic carbocycles. The summed E-state index contributed by atoms with van der Waals surface area (Å²) in [5.41, 5.74) is 2.01. The second-order valence-corrected chi connectivity index (χ2v) is 6.46. The molecule has 0 aromatic heterocycles. The molecule has 0 aliphatic rings. The highest BCUT2D eigenvalue weighted by Crippen LogP contribution is 2.31. The van der Waals surface area contributed by atoms with Crippen LogP contribution in [0.2, 0.25) is 5.02 Å². The summed E-state index contributed by atoms with van der Waals surface area (Å²) in [6.07, 6.45) is 0. The van der Waals surface area contributed by atoms with Gasteiger partial charge in [0.2, 0.25) is 0 Å². The van der Waals surface area contributed by atoms with Gasteiger partial charge >= 0.3 is 0 Å². The molecule has 0 atom stereocenters. The zero-order valence-electron chi connectivity index (χ0n) is 13.0. The predicted octanol–water partition coefficient (Wildman–Crippen LogP) is 4.27. The summed E-state index contributed by atoms with van der Waals surface area (Å²) in [7, 11) is 1.48. The summed E-state index contributed by atoms with van der Waals surface area (Å²) >= 11 is 8.17. The Balaban J connectivity index is 2.29. The van der Waals surface area contributed by atoms with Crippen LogP contribution in [-0.2, 0) is 9.57 Å². The number of rotatable bonds is 7. The van der Waals surface area contributed by atoms with Gasteiger partial charge in [-0.2, -0.15) is 0 Å². The number of hydroxylamine groups is 1. The molecule has 0 unspecified atom stereocenters. The van der Waals surface area contributed by atoms with E-state index in [1.807, 2.05) is 0 Å². The van der Waals surface area contributed by atoms with Crippen molar-refractivity contribution in [2.45, 2.75) is 0 Å². The van der Waals surface area contributed by atoms with Crippen LogP contribution in [0.3, 0.4) is 0 Å². The van der Waals surface area contributed by atoms with Crippen LogP contribution >= 0.6 is 34.2 Å². The zero-order chi connectivity index (χ0) is 18.4. The molecule has 2 rings (SSSR count). The maximum Gasteiger partial charge on any atom is 0.277 e. The number of amides is 1. The lowest BCUT2D eigenvalue weighted by Gasteiger charge is -2.14. The molecule has 0 radical (unpaired) electrons. The Kier molecular flexibility index (Phi) is 7.36. The van der Waals surface area contributed by atoms with Crippen molar-refractivity contribution in [2.75, 3.05) is 25.6 Å².